The number of nitrogens with one attached hydrogen (secondary N) is 1. The standard InChI is InChI=1S/C26H26N4O3/c1-3-25(33-21-9-5-4-6-10-21)26(32)30-24(17-23(29-30)22-11-7-8-16-27-22)19-12-14-20(15-13-19)28-18(2)31/h4-16,24-25H,3,17H2,1-2H3,(H,28,31). The monoisotopic (exact) mass is 442 g/mol. The van der Waals surface area contributed by atoms with Crippen LogP contribution in [0, 0.1) is 0 Å². The summed E-state index contributed by atoms with van der Waals surface area (Å²) in [6, 6.07) is 22.1. The molecule has 1 N–H and O–H groups in total. The number of ether oxygens (including phenoxy) is 1. The Labute approximate surface area is 193 Å². The number of rotatable bonds is 7. The first kappa shape index (κ1) is 22.2. The maximum Gasteiger partial charge on any atom is 0.284 e. The van der Waals surface area contributed by atoms with E-state index in [1.165, 1.54) is 11.9 Å². The highest BCUT2D eigenvalue weighted by Gasteiger charge is 2.37. The third-order valence-corrected chi connectivity index (χ3v) is 5.38. The largest absolute Gasteiger partial charge is 0.481 e. The molecule has 33 heavy (non-hydrogen) atoms. The van der Waals surface area contributed by atoms with E-state index in [0.717, 1.165) is 17.0 Å². The molecule has 3 aromatic rings. The molecule has 2 unspecified atom stereocenters. The number of pyridine rings is 1. The molecule has 2 aromatic carbocycles. The van der Waals surface area contributed by atoms with Crippen molar-refractivity contribution < 1.29 is 14.3 Å². The SMILES string of the molecule is CCC(Oc1ccccc1)C(=O)N1N=C(c2ccccn2)CC1c1ccc(NC(C)=O)cc1. The molecule has 2 atom stereocenters. The van der Waals surface area contributed by atoms with Gasteiger partial charge < -0.3 is 10.1 Å². The Hall–Kier alpha value is -4.00. The number of carbonyl (C=O) groups is 2. The molecule has 0 bridgehead atoms. The van der Waals surface area contributed by atoms with Crippen molar-refractivity contribution in [3.8, 4) is 5.75 Å². The number of hydrazone groups is 1. The topological polar surface area (TPSA) is 83.9 Å². The van der Waals surface area contributed by atoms with Crippen LogP contribution in [0.1, 0.15) is 44.0 Å². The van der Waals surface area contributed by atoms with Gasteiger partial charge in [-0.2, -0.15) is 5.10 Å². The average Bonchev–Trinajstić information content (AvgIpc) is 3.29. The lowest BCUT2D eigenvalue weighted by Gasteiger charge is -2.26. The Balaban J connectivity index is 1.63. The van der Waals surface area contributed by atoms with Crippen LogP contribution in [-0.2, 0) is 9.59 Å². The molecule has 1 aliphatic heterocycles. The minimum atomic E-state index is -0.666. The molecule has 0 saturated heterocycles. The normalized spacial score (nSPS) is 16.1. The highest BCUT2D eigenvalue weighted by molar-refractivity contribution is 6.02. The number of nitrogens with zero attached hydrogens (tertiary/aromatic N) is 3. The molecule has 1 aliphatic rings. The number of hydrogen-bond acceptors (Lipinski definition) is 5. The third kappa shape index (κ3) is 5.26. The van der Waals surface area contributed by atoms with E-state index in [0.29, 0.717) is 24.3 Å². The highest BCUT2D eigenvalue weighted by Crippen LogP contribution is 2.34. The number of carbonyl (C=O) groups excluding carboxylic acids is 2. The Bertz CT molecular complexity index is 1130. The van der Waals surface area contributed by atoms with Gasteiger partial charge in [0.15, 0.2) is 6.10 Å². The summed E-state index contributed by atoms with van der Waals surface area (Å²) in [5.74, 6) is 0.301. The molecule has 168 valence electrons. The van der Waals surface area contributed by atoms with Gasteiger partial charge in [0, 0.05) is 25.2 Å². The van der Waals surface area contributed by atoms with Crippen LogP contribution in [0.3, 0.4) is 0 Å². The zero-order valence-electron chi connectivity index (χ0n) is 18.6. The van der Waals surface area contributed by atoms with E-state index in [1.807, 2.05) is 79.7 Å². The molecule has 4 rings (SSSR count). The first-order chi connectivity index (χ1) is 16.0. The van der Waals surface area contributed by atoms with Gasteiger partial charge in [-0.15, -0.1) is 0 Å². The van der Waals surface area contributed by atoms with Crippen LogP contribution in [0.5, 0.6) is 5.75 Å². The van der Waals surface area contributed by atoms with Crippen molar-refractivity contribution in [2.45, 2.75) is 38.8 Å². The Morgan fingerprint density at radius 1 is 1.06 bits per heavy atom. The van der Waals surface area contributed by atoms with Crippen LogP contribution < -0.4 is 10.1 Å². The van der Waals surface area contributed by atoms with Crippen LogP contribution in [0.15, 0.2) is 84.1 Å². The molecule has 0 aliphatic carbocycles. The zero-order chi connectivity index (χ0) is 23.2. The second kappa shape index (κ2) is 10.1. The van der Waals surface area contributed by atoms with Gasteiger partial charge in [0.1, 0.15) is 5.75 Å². The van der Waals surface area contributed by atoms with Crippen molar-refractivity contribution in [3.63, 3.8) is 0 Å². The molecule has 2 amide bonds. The Morgan fingerprint density at radius 3 is 2.42 bits per heavy atom. The lowest BCUT2D eigenvalue weighted by molar-refractivity contribution is -0.140. The third-order valence-electron chi connectivity index (χ3n) is 5.38. The molecular weight excluding hydrogens is 416 g/mol. The first-order valence-corrected chi connectivity index (χ1v) is 11.0. The zero-order valence-corrected chi connectivity index (χ0v) is 18.6. The lowest BCUT2D eigenvalue weighted by Crippen LogP contribution is -2.39. The summed E-state index contributed by atoms with van der Waals surface area (Å²) in [4.78, 5) is 29.3. The van der Waals surface area contributed by atoms with Gasteiger partial charge >= 0.3 is 0 Å². The summed E-state index contributed by atoms with van der Waals surface area (Å²) in [5.41, 5.74) is 3.10. The number of benzene rings is 2. The van der Waals surface area contributed by atoms with Crippen LogP contribution >= 0.6 is 0 Å². The van der Waals surface area contributed by atoms with Gasteiger partial charge in [0.2, 0.25) is 5.91 Å². The van der Waals surface area contributed by atoms with Crippen LogP contribution in [0.2, 0.25) is 0 Å². The summed E-state index contributed by atoms with van der Waals surface area (Å²) >= 11 is 0. The van der Waals surface area contributed by atoms with Gasteiger partial charge in [-0.1, -0.05) is 43.3 Å². The smallest absolute Gasteiger partial charge is 0.284 e. The summed E-state index contributed by atoms with van der Waals surface area (Å²) < 4.78 is 6.00. The van der Waals surface area contributed by atoms with Crippen LogP contribution in [-0.4, -0.2) is 33.6 Å². The Morgan fingerprint density at radius 2 is 1.79 bits per heavy atom. The maximum absolute atomic E-state index is 13.6. The van der Waals surface area contributed by atoms with Crippen molar-refractivity contribution in [3.05, 3.63) is 90.3 Å². The van der Waals surface area contributed by atoms with E-state index >= 15 is 0 Å². The van der Waals surface area contributed by atoms with E-state index in [9.17, 15) is 9.59 Å². The summed E-state index contributed by atoms with van der Waals surface area (Å²) in [7, 11) is 0. The summed E-state index contributed by atoms with van der Waals surface area (Å²) in [6.45, 7) is 3.39. The summed E-state index contributed by atoms with van der Waals surface area (Å²) in [5, 5.41) is 8.98. The van der Waals surface area contributed by atoms with E-state index < -0.39 is 6.10 Å². The molecule has 0 spiro atoms. The number of amides is 2. The highest BCUT2D eigenvalue weighted by atomic mass is 16.5. The quantitative estimate of drug-likeness (QED) is 0.581. The predicted octanol–water partition coefficient (Wildman–Crippen LogP) is 4.58. The van der Waals surface area contributed by atoms with E-state index in [1.54, 1.807) is 6.20 Å². The fourth-order valence-corrected chi connectivity index (χ4v) is 3.77. The van der Waals surface area contributed by atoms with Crippen molar-refractivity contribution in [2.75, 3.05) is 5.32 Å². The van der Waals surface area contributed by atoms with Crippen LogP contribution in [0.25, 0.3) is 0 Å². The minimum absolute atomic E-state index is 0.134. The van der Waals surface area contributed by atoms with Crippen molar-refractivity contribution in [2.24, 2.45) is 5.10 Å². The summed E-state index contributed by atoms with van der Waals surface area (Å²) in [6.07, 6.45) is 2.09. The predicted molar refractivity (Wildman–Crippen MR) is 127 cm³/mol. The number of aromatic nitrogens is 1. The van der Waals surface area contributed by atoms with Gasteiger partial charge in [-0.25, -0.2) is 5.01 Å². The van der Waals surface area contributed by atoms with E-state index in [-0.39, 0.29) is 17.9 Å². The van der Waals surface area contributed by atoms with Gasteiger partial charge in [-0.05, 0) is 48.4 Å². The molecule has 0 radical (unpaired) electrons. The second-order valence-corrected chi connectivity index (χ2v) is 7.80. The molecule has 0 fully saturated rings. The van der Waals surface area contributed by atoms with Gasteiger partial charge in [0.05, 0.1) is 17.4 Å². The lowest BCUT2D eigenvalue weighted by atomic mass is 9.99. The molecule has 7 nitrogen and oxygen atoms in total. The molecular formula is C26H26N4O3. The van der Waals surface area contributed by atoms with Gasteiger partial charge in [-0.3, -0.25) is 14.6 Å². The molecule has 7 heteroatoms. The number of hydrogen-bond donors (Lipinski definition) is 1. The fraction of sp³-hybridized carbons (Fsp3) is 0.231. The number of anilines is 1. The van der Waals surface area contributed by atoms with Crippen molar-refractivity contribution in [1.29, 1.82) is 0 Å². The molecule has 1 aromatic heterocycles. The fourth-order valence-electron chi connectivity index (χ4n) is 3.77. The van der Waals surface area contributed by atoms with E-state index in [2.05, 4.69) is 15.4 Å². The maximum atomic E-state index is 13.6. The average molecular weight is 443 g/mol. The van der Waals surface area contributed by atoms with E-state index in [4.69, 9.17) is 4.74 Å². The Kier molecular flexibility index (Phi) is 6.78. The van der Waals surface area contributed by atoms with Crippen molar-refractivity contribution >= 4 is 23.2 Å². The minimum Gasteiger partial charge on any atom is -0.481 e. The molecule has 0 saturated carbocycles. The first-order valence-electron chi connectivity index (χ1n) is 11.0. The second-order valence-electron chi connectivity index (χ2n) is 7.80. The molecule has 2 heterocycles. The van der Waals surface area contributed by atoms with Crippen LogP contribution in [0.4, 0.5) is 5.69 Å². The van der Waals surface area contributed by atoms with Gasteiger partial charge in [0.25, 0.3) is 5.91 Å². The number of para-hydroxylation sites is 1. The van der Waals surface area contributed by atoms with Crippen molar-refractivity contribution in [1.82, 2.24) is 9.99 Å².